The summed E-state index contributed by atoms with van der Waals surface area (Å²) in [6, 6.07) is 17.2. The molecule has 20 heteroatoms. The number of aliphatic hydroxyl groups is 2. The molecule has 0 spiro atoms. The third-order valence-corrected chi connectivity index (χ3v) is 15.3. The molecule has 0 amide bonds. The molecule has 0 radical (unpaired) electrons. The van der Waals surface area contributed by atoms with Gasteiger partial charge in [0, 0.05) is 67.0 Å². The number of carbonyl (C=O) groups excluding carboxylic acids is 4. The molecule has 3 saturated heterocycles. The minimum Gasteiger partial charge on any atom is -0.489 e. The minimum absolute atomic E-state index is 0.00392. The van der Waals surface area contributed by atoms with Crippen LogP contribution in [0.1, 0.15) is 118 Å². The van der Waals surface area contributed by atoms with Gasteiger partial charge in [-0.05, 0) is 103 Å². The zero-order chi connectivity index (χ0) is 58.0. The van der Waals surface area contributed by atoms with Crippen molar-refractivity contribution < 1.29 is 86.2 Å². The van der Waals surface area contributed by atoms with Crippen LogP contribution in [0.5, 0.6) is 5.75 Å². The number of hydrogen-bond acceptors (Lipinski definition) is 20. The summed E-state index contributed by atoms with van der Waals surface area (Å²) in [5.41, 5.74) is 0.814. The van der Waals surface area contributed by atoms with Gasteiger partial charge in [0.2, 0.25) is 0 Å². The molecule has 20 nitrogen and oxygen atoms in total. The normalized spacial score (nSPS) is 32.6. The number of para-hydroxylation sites is 1. The van der Waals surface area contributed by atoms with Crippen LogP contribution in [0.15, 0.2) is 54.6 Å². The lowest BCUT2D eigenvalue weighted by atomic mass is 9.82. The maximum Gasteiger partial charge on any atom is 0.309 e. The van der Waals surface area contributed by atoms with Crippen molar-refractivity contribution in [2.24, 2.45) is 11.8 Å². The molecular formula is C59H92N2O18. The highest BCUT2D eigenvalue weighted by molar-refractivity contribution is 5.73. The van der Waals surface area contributed by atoms with Gasteiger partial charge in [0.1, 0.15) is 42.9 Å². The second-order valence-electron chi connectivity index (χ2n) is 21.8. The van der Waals surface area contributed by atoms with Gasteiger partial charge in [-0.1, -0.05) is 69.3 Å². The van der Waals surface area contributed by atoms with Crippen LogP contribution >= 0.6 is 0 Å². The zero-order valence-electron chi connectivity index (χ0n) is 48.9. The van der Waals surface area contributed by atoms with Crippen LogP contribution in [0.25, 0.3) is 0 Å². The van der Waals surface area contributed by atoms with E-state index in [0.29, 0.717) is 32.7 Å². The first-order chi connectivity index (χ1) is 37.6. The second-order valence-corrected chi connectivity index (χ2v) is 21.8. The van der Waals surface area contributed by atoms with Gasteiger partial charge in [0.05, 0.1) is 36.9 Å². The maximum atomic E-state index is 14.1. The Morgan fingerprint density at radius 1 is 0.861 bits per heavy atom. The largest absolute Gasteiger partial charge is 0.489 e. The number of benzene rings is 2. The summed E-state index contributed by atoms with van der Waals surface area (Å²) >= 11 is 0. The van der Waals surface area contributed by atoms with Gasteiger partial charge in [-0.2, -0.15) is 0 Å². The fourth-order valence-electron chi connectivity index (χ4n) is 11.1. The summed E-state index contributed by atoms with van der Waals surface area (Å²) in [6.07, 6.45) is -10.8. The van der Waals surface area contributed by atoms with Crippen molar-refractivity contribution in [1.29, 1.82) is 0 Å². The monoisotopic (exact) mass is 1120 g/mol. The van der Waals surface area contributed by atoms with Crippen molar-refractivity contribution in [2.45, 2.75) is 211 Å². The van der Waals surface area contributed by atoms with Crippen molar-refractivity contribution >= 4 is 23.9 Å². The van der Waals surface area contributed by atoms with Crippen molar-refractivity contribution in [3.8, 4) is 5.75 Å². The van der Waals surface area contributed by atoms with Crippen LogP contribution in [0.4, 0.5) is 0 Å². The average molecular weight is 1120 g/mol. The summed E-state index contributed by atoms with van der Waals surface area (Å²) in [5, 5.41) is 24.8. The predicted octanol–water partition coefficient (Wildman–Crippen LogP) is 6.16. The van der Waals surface area contributed by atoms with E-state index in [2.05, 4.69) is 11.0 Å². The molecule has 0 saturated carbocycles. The van der Waals surface area contributed by atoms with E-state index in [1.807, 2.05) is 62.4 Å². The molecule has 2 aromatic carbocycles. The minimum atomic E-state index is -1.42. The molecule has 3 heterocycles. The number of aryl methyl sites for hydroxylation is 1. The highest BCUT2D eigenvalue weighted by Gasteiger charge is 2.55. The Bertz CT molecular complexity index is 2170. The van der Waals surface area contributed by atoms with Crippen molar-refractivity contribution in [3.63, 3.8) is 0 Å². The lowest BCUT2D eigenvalue weighted by Gasteiger charge is -2.51. The van der Waals surface area contributed by atoms with E-state index < -0.39 is 134 Å². The smallest absolute Gasteiger partial charge is 0.309 e. The van der Waals surface area contributed by atoms with E-state index in [4.69, 9.17) is 56.8 Å². The molecule has 446 valence electrons. The highest BCUT2D eigenvalue weighted by atomic mass is 16.7. The Balaban J connectivity index is 1.46. The number of nitrogens with zero attached hydrogens (tertiary/aromatic N) is 2. The molecule has 10 unspecified atom stereocenters. The zero-order valence-corrected chi connectivity index (χ0v) is 48.9. The van der Waals surface area contributed by atoms with Crippen molar-refractivity contribution in [3.05, 3.63) is 65.7 Å². The number of aliphatic hydroxyl groups excluding tert-OH is 2. The molecule has 3 aliphatic heterocycles. The van der Waals surface area contributed by atoms with E-state index >= 15 is 0 Å². The van der Waals surface area contributed by atoms with Gasteiger partial charge in [-0.25, -0.2) is 0 Å². The first-order valence-corrected chi connectivity index (χ1v) is 28.1. The van der Waals surface area contributed by atoms with Gasteiger partial charge >= 0.3 is 23.9 Å². The summed E-state index contributed by atoms with van der Waals surface area (Å²) in [5.74, 6) is -2.48. The third kappa shape index (κ3) is 19.1. The summed E-state index contributed by atoms with van der Waals surface area (Å²) in [7, 11) is 8.01. The first kappa shape index (κ1) is 65.5. The molecule has 16 atom stereocenters. The number of likely N-dealkylation sites (N-methyl/N-ethyl adjacent to an activating group) is 1. The molecule has 5 rings (SSSR count). The fourth-order valence-corrected chi connectivity index (χ4v) is 11.1. The van der Waals surface area contributed by atoms with E-state index in [-0.39, 0.29) is 32.1 Å². The average Bonchev–Trinajstić information content (AvgIpc) is 3.47. The van der Waals surface area contributed by atoms with Gasteiger partial charge in [-0.3, -0.25) is 19.2 Å². The molecular weight excluding hydrogens is 1020 g/mol. The van der Waals surface area contributed by atoms with Crippen LogP contribution in [0.2, 0.25) is 0 Å². The van der Waals surface area contributed by atoms with Gasteiger partial charge in [0.25, 0.3) is 0 Å². The van der Waals surface area contributed by atoms with Crippen LogP contribution in [-0.4, -0.2) is 191 Å². The molecule has 0 bridgehead atoms. The standard InChI is InChI=1S/C59H92N2O18/c1-14-47(64)75-46-32-49(66)72-37(4)27-29-61(28-21-25-42-24-19-20-26-45(42)71-35-41-22-17-16-18-23-41)34-44(63)36(3)30-43(31-50(68-11)69-12)55(56(46)70-13)78-58-53(67)52(60(9)10)54(38(5)74-58)77-51-33-59(8,79-40(7)62)57(39(6)73-51)76-48(65)15-2/h16-20,22-24,26,36-39,43-44,46,50-58,63,67H,14-15,21,25,27-35H2,1-13H3/t36-,37-,38?,39?,43-,44+,46-,51?,52?,53?,54?,55+,56?,57?,58?,59?/m1/s1. The number of carbonyl (C=O) groups is 4. The highest BCUT2D eigenvalue weighted by Crippen LogP contribution is 2.40. The molecule has 3 aliphatic rings. The van der Waals surface area contributed by atoms with Gasteiger partial charge in [-0.15, -0.1) is 0 Å². The number of β-amino-alcohol motifs (C(OH)–C–C–N with tert-alkyl or cyclic N) is 1. The summed E-state index contributed by atoms with van der Waals surface area (Å²) in [6.45, 7) is 15.4. The number of hydrogen-bond donors (Lipinski definition) is 2. The lowest BCUT2D eigenvalue weighted by Crippen LogP contribution is -2.66. The predicted molar refractivity (Wildman–Crippen MR) is 290 cm³/mol. The Kier molecular flexibility index (Phi) is 26.3. The number of cyclic esters (lactones) is 1. The molecule has 2 N–H and O–H groups in total. The Morgan fingerprint density at radius 3 is 2.18 bits per heavy atom. The van der Waals surface area contributed by atoms with E-state index in [1.54, 1.807) is 53.6 Å². The number of esters is 4. The summed E-state index contributed by atoms with van der Waals surface area (Å²) in [4.78, 5) is 56.3. The number of rotatable bonds is 22. The fraction of sp³-hybridized carbons (Fsp3) is 0.729. The number of ether oxygens (including phenoxy) is 12. The van der Waals surface area contributed by atoms with E-state index in [1.165, 1.54) is 28.3 Å². The molecule has 0 aromatic heterocycles. The van der Waals surface area contributed by atoms with E-state index in [9.17, 15) is 29.4 Å². The van der Waals surface area contributed by atoms with Crippen LogP contribution in [0.3, 0.4) is 0 Å². The van der Waals surface area contributed by atoms with Crippen molar-refractivity contribution in [1.82, 2.24) is 9.80 Å². The molecule has 79 heavy (non-hydrogen) atoms. The Hall–Kier alpha value is -4.32. The molecule has 0 aliphatic carbocycles. The maximum absolute atomic E-state index is 14.1. The van der Waals surface area contributed by atoms with Crippen molar-refractivity contribution in [2.75, 3.05) is 55.1 Å². The summed E-state index contributed by atoms with van der Waals surface area (Å²) < 4.78 is 74.5. The Labute approximate surface area is 468 Å². The van der Waals surface area contributed by atoms with Crippen LogP contribution < -0.4 is 4.74 Å². The van der Waals surface area contributed by atoms with Crippen LogP contribution in [0, 0.1) is 11.8 Å². The topological polar surface area (TPSA) is 226 Å². The van der Waals surface area contributed by atoms with Crippen LogP contribution in [-0.2, 0) is 84.3 Å². The second kappa shape index (κ2) is 31.8. The Morgan fingerprint density at radius 2 is 1.53 bits per heavy atom. The molecule has 3 fully saturated rings. The van der Waals surface area contributed by atoms with E-state index in [0.717, 1.165) is 29.7 Å². The van der Waals surface area contributed by atoms with Gasteiger partial charge in [0.15, 0.2) is 30.6 Å². The third-order valence-electron chi connectivity index (χ3n) is 15.3. The SMILES string of the molecule is CCC(=O)OC1C(C)OC(OC2C(C)OC(O[C@@H]3C(OC)[C@H](OC(=O)CC)CC(=O)O[C@H](C)CCN(CCCc4ccccc4OCc4ccccc4)C[C@H](O)[C@H](C)C[C@@H]3CC(OC)OC)C(O)C2N(C)C)CC1(C)OC(C)=O. The molecule has 2 aromatic rings. The number of methoxy groups -OCH3 is 3. The first-order valence-electron chi connectivity index (χ1n) is 28.1. The van der Waals surface area contributed by atoms with Gasteiger partial charge < -0.3 is 76.9 Å². The lowest BCUT2D eigenvalue weighted by molar-refractivity contribution is -0.345. The quantitative estimate of drug-likeness (QED) is 0.0765.